The molecule has 0 saturated carbocycles. The van der Waals surface area contributed by atoms with Crippen molar-refractivity contribution in [1.29, 1.82) is 0 Å². The number of carbonyl (C=O) groups is 1. The van der Waals surface area contributed by atoms with Crippen molar-refractivity contribution in [2.75, 3.05) is 13.2 Å². The lowest BCUT2D eigenvalue weighted by molar-refractivity contribution is -0.0389. The molecule has 0 aromatic carbocycles. The highest BCUT2D eigenvalue weighted by atomic mass is 35.5. The van der Waals surface area contributed by atoms with Crippen LogP contribution in [0.1, 0.15) is 24.3 Å². The highest BCUT2D eigenvalue weighted by Gasteiger charge is 2.28. The van der Waals surface area contributed by atoms with E-state index in [9.17, 15) is 4.79 Å². The average Bonchev–Trinajstić information content (AvgIpc) is 2.31. The van der Waals surface area contributed by atoms with Gasteiger partial charge in [0.15, 0.2) is 0 Å². The van der Waals surface area contributed by atoms with Gasteiger partial charge in [-0.2, -0.15) is 0 Å². The zero-order valence-corrected chi connectivity index (χ0v) is 10.6. The minimum absolute atomic E-state index is 0.0642. The minimum atomic E-state index is -0.0878. The van der Waals surface area contributed by atoms with E-state index in [1.54, 1.807) is 23.2 Å². The number of pyridine rings is 1. The molecule has 1 fully saturated rings. The highest BCUT2D eigenvalue weighted by Crippen LogP contribution is 2.16. The zero-order valence-electron chi connectivity index (χ0n) is 9.89. The SMILES string of the molecule is C[C@H]1CN(C(=O)c2cc(Cl)ccn2)[C@@H](C)CO1. The van der Waals surface area contributed by atoms with Gasteiger partial charge in [-0.05, 0) is 26.0 Å². The van der Waals surface area contributed by atoms with Gasteiger partial charge in [0.2, 0.25) is 0 Å². The minimum Gasteiger partial charge on any atom is -0.375 e. The van der Waals surface area contributed by atoms with Crippen molar-refractivity contribution in [1.82, 2.24) is 9.88 Å². The van der Waals surface area contributed by atoms with Crippen molar-refractivity contribution in [2.45, 2.75) is 26.0 Å². The van der Waals surface area contributed by atoms with Gasteiger partial charge in [0, 0.05) is 17.8 Å². The Labute approximate surface area is 106 Å². The predicted molar refractivity (Wildman–Crippen MR) is 65.2 cm³/mol. The first kappa shape index (κ1) is 12.3. The standard InChI is InChI=1S/C12H15ClN2O2/c1-8-7-17-9(2)6-15(8)12(16)11-5-10(13)3-4-14-11/h3-5,8-9H,6-7H2,1-2H3/t8-,9-/m0/s1. The van der Waals surface area contributed by atoms with Crippen LogP contribution in [0.3, 0.4) is 0 Å². The molecule has 0 unspecified atom stereocenters. The van der Waals surface area contributed by atoms with E-state index in [1.807, 2.05) is 13.8 Å². The Kier molecular flexibility index (Phi) is 3.64. The molecule has 2 atom stereocenters. The van der Waals surface area contributed by atoms with Gasteiger partial charge in [0.05, 0.1) is 18.8 Å². The van der Waals surface area contributed by atoms with Crippen LogP contribution in [0.4, 0.5) is 0 Å². The summed E-state index contributed by atoms with van der Waals surface area (Å²) >= 11 is 5.86. The lowest BCUT2D eigenvalue weighted by atomic mass is 10.2. The molecule has 0 bridgehead atoms. The van der Waals surface area contributed by atoms with Crippen molar-refractivity contribution in [3.63, 3.8) is 0 Å². The van der Waals surface area contributed by atoms with Gasteiger partial charge in [-0.25, -0.2) is 0 Å². The smallest absolute Gasteiger partial charge is 0.272 e. The maximum atomic E-state index is 12.3. The second-order valence-electron chi connectivity index (χ2n) is 4.31. The molecule has 1 saturated heterocycles. The molecule has 0 N–H and O–H groups in total. The quantitative estimate of drug-likeness (QED) is 0.770. The van der Waals surface area contributed by atoms with Crippen LogP contribution in [0.25, 0.3) is 0 Å². The van der Waals surface area contributed by atoms with Crippen LogP contribution in [0.2, 0.25) is 5.02 Å². The fourth-order valence-corrected chi connectivity index (χ4v) is 2.01. The molecule has 1 aromatic heterocycles. The summed E-state index contributed by atoms with van der Waals surface area (Å²) in [5, 5.41) is 0.525. The molecule has 92 valence electrons. The number of halogens is 1. The second kappa shape index (κ2) is 5.02. The Morgan fingerprint density at radius 2 is 2.35 bits per heavy atom. The van der Waals surface area contributed by atoms with Crippen LogP contribution in [-0.4, -0.2) is 41.1 Å². The van der Waals surface area contributed by atoms with E-state index in [0.717, 1.165) is 0 Å². The molecule has 1 aliphatic heterocycles. The fraction of sp³-hybridized carbons (Fsp3) is 0.500. The highest BCUT2D eigenvalue weighted by molar-refractivity contribution is 6.30. The summed E-state index contributed by atoms with van der Waals surface area (Å²) in [7, 11) is 0. The summed E-state index contributed by atoms with van der Waals surface area (Å²) in [6.45, 7) is 5.08. The van der Waals surface area contributed by atoms with Gasteiger partial charge in [0.25, 0.3) is 5.91 Å². The molecule has 1 aliphatic rings. The fourth-order valence-electron chi connectivity index (χ4n) is 1.86. The van der Waals surface area contributed by atoms with Crippen LogP contribution in [0.15, 0.2) is 18.3 Å². The van der Waals surface area contributed by atoms with Gasteiger partial charge < -0.3 is 9.64 Å². The zero-order chi connectivity index (χ0) is 12.4. The normalized spacial score (nSPS) is 24.8. The van der Waals surface area contributed by atoms with Crippen LogP contribution in [-0.2, 0) is 4.74 Å². The Morgan fingerprint density at radius 1 is 1.59 bits per heavy atom. The summed E-state index contributed by atoms with van der Waals surface area (Å²) in [6, 6.07) is 3.32. The average molecular weight is 255 g/mol. The largest absolute Gasteiger partial charge is 0.375 e. The molecule has 0 radical (unpaired) electrons. The third kappa shape index (κ3) is 2.76. The number of carbonyl (C=O) groups excluding carboxylic acids is 1. The number of ether oxygens (including phenoxy) is 1. The van der Waals surface area contributed by atoms with E-state index in [4.69, 9.17) is 16.3 Å². The van der Waals surface area contributed by atoms with E-state index in [2.05, 4.69) is 4.98 Å². The number of morpholine rings is 1. The number of nitrogens with zero attached hydrogens (tertiary/aromatic N) is 2. The topological polar surface area (TPSA) is 42.4 Å². The number of rotatable bonds is 1. The maximum absolute atomic E-state index is 12.3. The van der Waals surface area contributed by atoms with Crippen LogP contribution in [0, 0.1) is 0 Å². The van der Waals surface area contributed by atoms with Crippen LogP contribution in [0.5, 0.6) is 0 Å². The summed E-state index contributed by atoms with van der Waals surface area (Å²) < 4.78 is 5.49. The van der Waals surface area contributed by atoms with Crippen molar-refractivity contribution < 1.29 is 9.53 Å². The first-order valence-electron chi connectivity index (χ1n) is 5.62. The van der Waals surface area contributed by atoms with Gasteiger partial charge in [-0.15, -0.1) is 0 Å². The summed E-state index contributed by atoms with van der Waals surface area (Å²) in [6.07, 6.45) is 1.61. The molecular weight excluding hydrogens is 240 g/mol. The Hall–Kier alpha value is -1.13. The Bertz CT molecular complexity index is 425. The van der Waals surface area contributed by atoms with E-state index in [1.165, 1.54) is 0 Å². The van der Waals surface area contributed by atoms with Gasteiger partial charge in [-0.1, -0.05) is 11.6 Å². The van der Waals surface area contributed by atoms with Crippen molar-refractivity contribution in [3.8, 4) is 0 Å². The number of hydrogen-bond donors (Lipinski definition) is 0. The third-order valence-corrected chi connectivity index (χ3v) is 3.04. The first-order chi connectivity index (χ1) is 8.08. The third-order valence-electron chi connectivity index (χ3n) is 2.81. The molecule has 0 spiro atoms. The van der Waals surface area contributed by atoms with E-state index < -0.39 is 0 Å². The molecule has 0 aliphatic carbocycles. The lowest BCUT2D eigenvalue weighted by Crippen LogP contribution is -2.50. The summed E-state index contributed by atoms with van der Waals surface area (Å²) in [4.78, 5) is 18.1. The summed E-state index contributed by atoms with van der Waals surface area (Å²) in [5.74, 6) is -0.0878. The molecule has 17 heavy (non-hydrogen) atoms. The second-order valence-corrected chi connectivity index (χ2v) is 4.75. The van der Waals surface area contributed by atoms with Gasteiger partial charge in [0.1, 0.15) is 5.69 Å². The molecule has 2 heterocycles. The van der Waals surface area contributed by atoms with Crippen LogP contribution < -0.4 is 0 Å². The summed E-state index contributed by atoms with van der Waals surface area (Å²) in [5.41, 5.74) is 0.387. The first-order valence-corrected chi connectivity index (χ1v) is 6.00. The molecular formula is C12H15ClN2O2. The molecule has 5 heteroatoms. The Morgan fingerprint density at radius 3 is 3.06 bits per heavy atom. The Balaban J connectivity index is 2.18. The molecule has 4 nitrogen and oxygen atoms in total. The monoisotopic (exact) mass is 254 g/mol. The number of hydrogen-bond acceptors (Lipinski definition) is 3. The van der Waals surface area contributed by atoms with Crippen molar-refractivity contribution >= 4 is 17.5 Å². The van der Waals surface area contributed by atoms with Gasteiger partial charge in [-0.3, -0.25) is 9.78 Å². The van der Waals surface area contributed by atoms with E-state index in [0.29, 0.717) is 23.9 Å². The van der Waals surface area contributed by atoms with Gasteiger partial charge >= 0.3 is 0 Å². The predicted octanol–water partition coefficient (Wildman–Crippen LogP) is 1.98. The van der Waals surface area contributed by atoms with Crippen LogP contribution >= 0.6 is 11.6 Å². The number of aromatic nitrogens is 1. The molecule has 1 amide bonds. The van der Waals surface area contributed by atoms with Crippen molar-refractivity contribution in [3.05, 3.63) is 29.0 Å². The molecule has 1 aromatic rings. The lowest BCUT2D eigenvalue weighted by Gasteiger charge is -2.36. The number of amides is 1. The van der Waals surface area contributed by atoms with Crippen molar-refractivity contribution in [2.24, 2.45) is 0 Å². The maximum Gasteiger partial charge on any atom is 0.272 e. The molecule has 2 rings (SSSR count). The van der Waals surface area contributed by atoms with E-state index in [-0.39, 0.29) is 18.1 Å². The van der Waals surface area contributed by atoms with E-state index >= 15 is 0 Å².